The van der Waals surface area contributed by atoms with Crippen molar-refractivity contribution in [2.24, 2.45) is 0 Å². The van der Waals surface area contributed by atoms with Gasteiger partial charge in [0.25, 0.3) is 5.91 Å². The monoisotopic (exact) mass is 440 g/mol. The Morgan fingerprint density at radius 3 is 2.21 bits per heavy atom. The molecule has 2 aromatic rings. The smallest absolute Gasteiger partial charge is 0.266 e. The minimum absolute atomic E-state index is 0.0828. The number of rotatable bonds is 5. The molecule has 29 heavy (non-hydrogen) atoms. The molecular weight excluding hydrogens is 419 g/mol. The van der Waals surface area contributed by atoms with Gasteiger partial charge in [-0.2, -0.15) is 4.31 Å². The molecule has 2 aromatic carbocycles. The third-order valence-corrected chi connectivity index (χ3v) is 6.87. The number of sulfonamides is 1. The van der Waals surface area contributed by atoms with E-state index >= 15 is 0 Å². The second-order valence-electron chi connectivity index (χ2n) is 7.19. The Labute approximate surface area is 174 Å². The number of benzene rings is 2. The van der Waals surface area contributed by atoms with Crippen molar-refractivity contribution in [3.8, 4) is 5.75 Å². The van der Waals surface area contributed by atoms with Crippen molar-refractivity contribution < 1.29 is 22.3 Å². The summed E-state index contributed by atoms with van der Waals surface area (Å²) in [6, 6.07) is 12.0. The molecule has 156 valence electrons. The Bertz CT molecular complexity index is 988. The minimum atomic E-state index is -3.95. The summed E-state index contributed by atoms with van der Waals surface area (Å²) in [7, 11) is -3.95. The van der Waals surface area contributed by atoms with Crippen molar-refractivity contribution in [3.63, 3.8) is 0 Å². The molecule has 3 rings (SSSR count). The fourth-order valence-electron chi connectivity index (χ4n) is 3.15. The Kier molecular flexibility index (Phi) is 6.16. The van der Waals surface area contributed by atoms with E-state index in [1.165, 1.54) is 22.5 Å². The second-order valence-corrected chi connectivity index (χ2v) is 9.54. The molecule has 1 aliphatic heterocycles. The molecule has 0 aromatic heterocycles. The van der Waals surface area contributed by atoms with Crippen LogP contribution in [-0.2, 0) is 14.8 Å². The number of hydrogen-bond acceptors (Lipinski definition) is 4. The fraction of sp³-hybridized carbons (Fsp3) is 0.350. The van der Waals surface area contributed by atoms with E-state index < -0.39 is 21.4 Å². The molecule has 1 fully saturated rings. The molecule has 0 saturated carbocycles. The number of nitrogens with zero attached hydrogens (tertiary/aromatic N) is 2. The standard InChI is InChI=1S/C20H22ClFN2O4S/c1-20(2,28-16-9-7-15(21)8-10-16)19(25)23-11-13-24(14-12-23)29(26,27)18-6-4-3-5-17(18)22/h3-10H,11-14H2,1-2H3. The van der Waals surface area contributed by atoms with Gasteiger partial charge < -0.3 is 9.64 Å². The molecule has 6 nitrogen and oxygen atoms in total. The third-order valence-electron chi connectivity index (χ3n) is 4.68. The topological polar surface area (TPSA) is 66.9 Å². The predicted octanol–water partition coefficient (Wildman–Crippen LogP) is 3.17. The van der Waals surface area contributed by atoms with Crippen LogP contribution in [0.15, 0.2) is 53.4 Å². The minimum Gasteiger partial charge on any atom is -0.478 e. The molecule has 1 aliphatic rings. The van der Waals surface area contributed by atoms with Crippen molar-refractivity contribution in [2.75, 3.05) is 26.2 Å². The number of piperazine rings is 1. The van der Waals surface area contributed by atoms with Crippen molar-refractivity contribution in [3.05, 3.63) is 59.4 Å². The molecule has 0 bridgehead atoms. The van der Waals surface area contributed by atoms with Crippen LogP contribution in [0.4, 0.5) is 4.39 Å². The highest BCUT2D eigenvalue weighted by molar-refractivity contribution is 7.89. The Hall–Kier alpha value is -2.16. The first kappa shape index (κ1) is 21.5. The molecule has 0 radical (unpaired) electrons. The molecule has 1 amide bonds. The first-order chi connectivity index (χ1) is 13.6. The maximum absolute atomic E-state index is 13.9. The summed E-state index contributed by atoms with van der Waals surface area (Å²) < 4.78 is 46.3. The largest absolute Gasteiger partial charge is 0.478 e. The van der Waals surface area contributed by atoms with E-state index in [0.717, 1.165) is 6.07 Å². The first-order valence-electron chi connectivity index (χ1n) is 9.10. The average molecular weight is 441 g/mol. The van der Waals surface area contributed by atoms with Crippen LogP contribution in [0, 0.1) is 5.82 Å². The van der Waals surface area contributed by atoms with Gasteiger partial charge in [-0.15, -0.1) is 0 Å². The summed E-state index contributed by atoms with van der Waals surface area (Å²) in [5.74, 6) is -0.535. The van der Waals surface area contributed by atoms with E-state index in [0.29, 0.717) is 10.8 Å². The van der Waals surface area contributed by atoms with Gasteiger partial charge in [0.15, 0.2) is 5.60 Å². The van der Waals surface area contributed by atoms with E-state index in [2.05, 4.69) is 0 Å². The van der Waals surface area contributed by atoms with Crippen molar-refractivity contribution >= 4 is 27.5 Å². The van der Waals surface area contributed by atoms with Gasteiger partial charge in [0.05, 0.1) is 0 Å². The summed E-state index contributed by atoms with van der Waals surface area (Å²) in [4.78, 5) is 14.1. The molecular formula is C20H22ClFN2O4S. The lowest BCUT2D eigenvalue weighted by Gasteiger charge is -2.38. The van der Waals surface area contributed by atoms with Crippen LogP contribution >= 0.6 is 11.6 Å². The van der Waals surface area contributed by atoms with Crippen LogP contribution in [0.1, 0.15) is 13.8 Å². The van der Waals surface area contributed by atoms with Crippen molar-refractivity contribution in [1.82, 2.24) is 9.21 Å². The van der Waals surface area contributed by atoms with Gasteiger partial charge in [-0.3, -0.25) is 4.79 Å². The van der Waals surface area contributed by atoms with Crippen LogP contribution in [0.3, 0.4) is 0 Å². The fourth-order valence-corrected chi connectivity index (χ4v) is 4.76. The molecule has 0 aliphatic carbocycles. The lowest BCUT2D eigenvalue weighted by atomic mass is 10.1. The lowest BCUT2D eigenvalue weighted by Crippen LogP contribution is -2.56. The van der Waals surface area contributed by atoms with Crippen LogP contribution in [-0.4, -0.2) is 55.3 Å². The highest BCUT2D eigenvalue weighted by Gasteiger charge is 2.38. The summed E-state index contributed by atoms with van der Waals surface area (Å²) in [5.41, 5.74) is -1.14. The van der Waals surface area contributed by atoms with Crippen LogP contribution in [0.2, 0.25) is 5.02 Å². The second kappa shape index (κ2) is 8.30. The van der Waals surface area contributed by atoms with Gasteiger partial charge in [0, 0.05) is 31.2 Å². The van der Waals surface area contributed by atoms with E-state index in [1.807, 2.05) is 0 Å². The normalized spacial score (nSPS) is 15.9. The number of halogens is 2. The van der Waals surface area contributed by atoms with E-state index in [1.54, 1.807) is 43.0 Å². The SMILES string of the molecule is CC(C)(Oc1ccc(Cl)cc1)C(=O)N1CCN(S(=O)(=O)c2ccccc2F)CC1. The molecule has 0 unspecified atom stereocenters. The summed E-state index contributed by atoms with van der Waals surface area (Å²) >= 11 is 5.86. The van der Waals surface area contributed by atoms with Gasteiger partial charge in [-0.25, -0.2) is 12.8 Å². The molecule has 1 saturated heterocycles. The molecule has 0 N–H and O–H groups in total. The number of carbonyl (C=O) groups is 1. The van der Waals surface area contributed by atoms with Gasteiger partial charge >= 0.3 is 0 Å². The number of carbonyl (C=O) groups excluding carboxylic acids is 1. The van der Waals surface area contributed by atoms with E-state index in [9.17, 15) is 17.6 Å². The molecule has 0 atom stereocenters. The maximum atomic E-state index is 13.9. The quantitative estimate of drug-likeness (QED) is 0.716. The van der Waals surface area contributed by atoms with Crippen LogP contribution in [0.5, 0.6) is 5.75 Å². The Morgan fingerprint density at radius 2 is 1.62 bits per heavy atom. The van der Waals surface area contributed by atoms with Crippen molar-refractivity contribution in [1.29, 1.82) is 0 Å². The zero-order chi connectivity index (χ0) is 21.2. The Morgan fingerprint density at radius 1 is 1.03 bits per heavy atom. The van der Waals surface area contributed by atoms with Gasteiger partial charge in [0.1, 0.15) is 16.5 Å². The van der Waals surface area contributed by atoms with Gasteiger partial charge in [0.2, 0.25) is 10.0 Å². The number of hydrogen-bond donors (Lipinski definition) is 0. The highest BCUT2D eigenvalue weighted by atomic mass is 35.5. The van der Waals surface area contributed by atoms with Crippen LogP contribution < -0.4 is 4.74 Å². The van der Waals surface area contributed by atoms with Gasteiger partial charge in [-0.1, -0.05) is 23.7 Å². The zero-order valence-electron chi connectivity index (χ0n) is 16.1. The predicted molar refractivity (Wildman–Crippen MR) is 108 cm³/mol. The molecule has 9 heteroatoms. The van der Waals surface area contributed by atoms with E-state index in [-0.39, 0.29) is 37.0 Å². The maximum Gasteiger partial charge on any atom is 0.266 e. The average Bonchev–Trinajstić information content (AvgIpc) is 2.69. The van der Waals surface area contributed by atoms with Gasteiger partial charge in [-0.05, 0) is 50.2 Å². The first-order valence-corrected chi connectivity index (χ1v) is 10.9. The van der Waals surface area contributed by atoms with Crippen LogP contribution in [0.25, 0.3) is 0 Å². The molecule has 1 heterocycles. The van der Waals surface area contributed by atoms with E-state index in [4.69, 9.17) is 16.3 Å². The third kappa shape index (κ3) is 4.71. The number of amides is 1. The Balaban J connectivity index is 1.66. The lowest BCUT2D eigenvalue weighted by molar-refractivity contribution is -0.146. The summed E-state index contributed by atoms with van der Waals surface area (Å²) in [6.07, 6.45) is 0. The number of ether oxygens (including phenoxy) is 1. The summed E-state index contributed by atoms with van der Waals surface area (Å²) in [6.45, 7) is 3.87. The highest BCUT2D eigenvalue weighted by Crippen LogP contribution is 2.24. The van der Waals surface area contributed by atoms with Crippen molar-refractivity contribution in [2.45, 2.75) is 24.3 Å². The zero-order valence-corrected chi connectivity index (χ0v) is 17.7. The summed E-state index contributed by atoms with van der Waals surface area (Å²) in [5, 5.41) is 0.564. The molecule has 0 spiro atoms.